The van der Waals surface area contributed by atoms with Crippen LogP contribution < -0.4 is 10.6 Å². The number of nitrogens with one attached hydrogen (secondary N) is 2. The van der Waals surface area contributed by atoms with E-state index in [4.69, 9.17) is 5.11 Å². The van der Waals surface area contributed by atoms with E-state index in [0.717, 1.165) is 0 Å². The molecule has 0 bridgehead atoms. The molecule has 2 aromatic rings. The maximum Gasteiger partial charge on any atom is 0.322 e. The van der Waals surface area contributed by atoms with Gasteiger partial charge >= 0.3 is 5.97 Å². The highest BCUT2D eigenvalue weighted by atomic mass is 32.1. The van der Waals surface area contributed by atoms with E-state index in [2.05, 4.69) is 20.6 Å². The van der Waals surface area contributed by atoms with Crippen molar-refractivity contribution in [1.82, 2.24) is 9.97 Å². The molecule has 0 spiro atoms. The molecule has 0 amide bonds. The topological polar surface area (TPSA) is 87.1 Å². The summed E-state index contributed by atoms with van der Waals surface area (Å²) in [5, 5.41) is 16.4. The summed E-state index contributed by atoms with van der Waals surface area (Å²) in [6.07, 6.45) is 1.39. The number of rotatable bonds is 6. The normalized spacial score (nSPS) is 10.0. The van der Waals surface area contributed by atoms with Gasteiger partial charge < -0.3 is 15.7 Å². The van der Waals surface area contributed by atoms with Crippen molar-refractivity contribution in [2.24, 2.45) is 0 Å². The van der Waals surface area contributed by atoms with E-state index in [1.54, 1.807) is 17.4 Å². The molecule has 3 N–H and O–H groups in total. The van der Waals surface area contributed by atoms with Crippen LogP contribution in [0.3, 0.4) is 0 Å². The molecule has 94 valence electrons. The molecular formula is C11H12N4O2S. The maximum atomic E-state index is 10.4. The molecular weight excluding hydrogens is 252 g/mol. The summed E-state index contributed by atoms with van der Waals surface area (Å²) in [5.41, 5.74) is 0. The summed E-state index contributed by atoms with van der Waals surface area (Å²) in [5.74, 6) is 0.217. The molecule has 0 aliphatic carbocycles. The van der Waals surface area contributed by atoms with Crippen LogP contribution in [-0.2, 0) is 11.3 Å². The fraction of sp³-hybridized carbons (Fsp3) is 0.182. The summed E-state index contributed by atoms with van der Waals surface area (Å²) in [4.78, 5) is 19.6. The van der Waals surface area contributed by atoms with Crippen LogP contribution in [0.2, 0.25) is 0 Å². The van der Waals surface area contributed by atoms with Gasteiger partial charge in [-0.05, 0) is 11.4 Å². The van der Waals surface area contributed by atoms with Crippen molar-refractivity contribution >= 4 is 28.9 Å². The van der Waals surface area contributed by atoms with Crippen molar-refractivity contribution in [3.63, 3.8) is 0 Å². The van der Waals surface area contributed by atoms with Crippen molar-refractivity contribution < 1.29 is 9.90 Å². The molecule has 2 heterocycles. The van der Waals surface area contributed by atoms with Gasteiger partial charge in [0.15, 0.2) is 0 Å². The van der Waals surface area contributed by atoms with Gasteiger partial charge in [0.05, 0.1) is 6.54 Å². The number of hydrogen-bond donors (Lipinski definition) is 3. The Hall–Kier alpha value is -2.15. The van der Waals surface area contributed by atoms with Gasteiger partial charge in [0.1, 0.15) is 24.5 Å². The van der Waals surface area contributed by atoms with Crippen LogP contribution in [0.4, 0.5) is 11.6 Å². The SMILES string of the molecule is O=C(O)CNc1cc(NCc2cccs2)ncn1. The quantitative estimate of drug-likeness (QED) is 0.735. The number of carboxylic acids is 1. The highest BCUT2D eigenvalue weighted by molar-refractivity contribution is 7.09. The third-order valence-electron chi connectivity index (χ3n) is 2.11. The minimum atomic E-state index is -0.929. The zero-order valence-corrected chi connectivity index (χ0v) is 10.3. The number of aromatic nitrogens is 2. The number of carbonyl (C=O) groups is 1. The van der Waals surface area contributed by atoms with Crippen molar-refractivity contribution in [1.29, 1.82) is 0 Å². The monoisotopic (exact) mass is 264 g/mol. The van der Waals surface area contributed by atoms with Crippen LogP contribution >= 0.6 is 11.3 Å². The smallest absolute Gasteiger partial charge is 0.322 e. The van der Waals surface area contributed by atoms with E-state index < -0.39 is 5.97 Å². The maximum absolute atomic E-state index is 10.4. The predicted octanol–water partition coefficient (Wildman–Crippen LogP) is 1.65. The first kappa shape index (κ1) is 12.3. The van der Waals surface area contributed by atoms with E-state index in [1.807, 2.05) is 17.5 Å². The van der Waals surface area contributed by atoms with E-state index in [-0.39, 0.29) is 6.54 Å². The standard InChI is InChI=1S/C11H12N4O2S/c16-11(17)6-13-10-4-9(14-7-15-10)12-5-8-2-1-3-18-8/h1-4,7H,5-6H2,(H,16,17)(H2,12,13,14,15). The van der Waals surface area contributed by atoms with Crippen molar-refractivity contribution in [2.45, 2.75) is 6.54 Å². The molecule has 7 heteroatoms. The molecule has 18 heavy (non-hydrogen) atoms. The summed E-state index contributed by atoms with van der Waals surface area (Å²) in [7, 11) is 0. The van der Waals surface area contributed by atoms with E-state index >= 15 is 0 Å². The average molecular weight is 264 g/mol. The zero-order valence-electron chi connectivity index (χ0n) is 9.46. The number of thiophene rings is 1. The molecule has 0 aromatic carbocycles. The van der Waals surface area contributed by atoms with Gasteiger partial charge in [-0.15, -0.1) is 11.3 Å². The van der Waals surface area contributed by atoms with Crippen molar-refractivity contribution in [3.05, 3.63) is 34.8 Å². The van der Waals surface area contributed by atoms with E-state index in [0.29, 0.717) is 18.2 Å². The van der Waals surface area contributed by atoms with Crippen LogP contribution in [0, 0.1) is 0 Å². The molecule has 0 radical (unpaired) electrons. The number of anilines is 2. The lowest BCUT2D eigenvalue weighted by atomic mass is 10.4. The minimum absolute atomic E-state index is 0.165. The summed E-state index contributed by atoms with van der Waals surface area (Å²) in [6.45, 7) is 0.522. The molecule has 0 saturated carbocycles. The lowest BCUT2D eigenvalue weighted by Crippen LogP contribution is -2.13. The Kier molecular flexibility index (Phi) is 4.08. The highest BCUT2D eigenvalue weighted by Crippen LogP contribution is 2.13. The first-order valence-corrected chi connectivity index (χ1v) is 6.16. The third-order valence-corrected chi connectivity index (χ3v) is 2.99. The summed E-state index contributed by atoms with van der Waals surface area (Å²) >= 11 is 1.66. The molecule has 0 unspecified atom stereocenters. The van der Waals surface area contributed by atoms with Gasteiger partial charge in [-0.3, -0.25) is 4.79 Å². The molecule has 0 saturated heterocycles. The Morgan fingerprint density at radius 3 is 2.78 bits per heavy atom. The molecule has 0 aliphatic heterocycles. The van der Waals surface area contributed by atoms with Gasteiger partial charge in [0.25, 0.3) is 0 Å². The highest BCUT2D eigenvalue weighted by Gasteiger charge is 2.01. The molecule has 6 nitrogen and oxygen atoms in total. The van der Waals surface area contributed by atoms with Crippen LogP contribution in [0.5, 0.6) is 0 Å². The Morgan fingerprint density at radius 1 is 1.33 bits per heavy atom. The molecule has 0 fully saturated rings. The van der Waals surface area contributed by atoms with Crippen LogP contribution in [0.15, 0.2) is 29.9 Å². The first-order chi connectivity index (χ1) is 8.74. The Labute approximate surface area is 108 Å². The minimum Gasteiger partial charge on any atom is -0.480 e. The van der Waals surface area contributed by atoms with Crippen molar-refractivity contribution in [2.75, 3.05) is 17.2 Å². The second-order valence-electron chi connectivity index (χ2n) is 3.47. The summed E-state index contributed by atoms with van der Waals surface area (Å²) < 4.78 is 0. The fourth-order valence-corrected chi connectivity index (χ4v) is 1.95. The Bertz CT molecular complexity index is 516. The second kappa shape index (κ2) is 5.97. The largest absolute Gasteiger partial charge is 0.480 e. The summed E-state index contributed by atoms with van der Waals surface area (Å²) in [6, 6.07) is 5.69. The Morgan fingerprint density at radius 2 is 2.11 bits per heavy atom. The van der Waals surface area contributed by atoms with Gasteiger partial charge in [-0.2, -0.15) is 0 Å². The molecule has 2 rings (SSSR count). The number of carboxylic acid groups (broad SMARTS) is 1. The van der Waals surface area contributed by atoms with Gasteiger partial charge in [0.2, 0.25) is 0 Å². The first-order valence-electron chi connectivity index (χ1n) is 5.28. The van der Waals surface area contributed by atoms with Gasteiger partial charge in [-0.1, -0.05) is 6.07 Å². The van der Waals surface area contributed by atoms with Crippen LogP contribution in [0.25, 0.3) is 0 Å². The van der Waals surface area contributed by atoms with Gasteiger partial charge in [0, 0.05) is 10.9 Å². The van der Waals surface area contributed by atoms with E-state index in [9.17, 15) is 4.79 Å². The molecule has 0 aliphatic rings. The van der Waals surface area contributed by atoms with Gasteiger partial charge in [-0.25, -0.2) is 9.97 Å². The zero-order chi connectivity index (χ0) is 12.8. The Balaban J connectivity index is 1.92. The van der Waals surface area contributed by atoms with E-state index in [1.165, 1.54) is 11.2 Å². The third kappa shape index (κ3) is 3.70. The number of aliphatic carboxylic acids is 1. The number of nitrogens with zero attached hydrogens (tertiary/aromatic N) is 2. The lowest BCUT2D eigenvalue weighted by molar-refractivity contribution is -0.134. The van der Waals surface area contributed by atoms with Crippen molar-refractivity contribution in [3.8, 4) is 0 Å². The molecule has 0 atom stereocenters. The van der Waals surface area contributed by atoms with Crippen LogP contribution in [0.1, 0.15) is 4.88 Å². The lowest BCUT2D eigenvalue weighted by Gasteiger charge is -2.06. The van der Waals surface area contributed by atoms with Crippen LogP contribution in [-0.4, -0.2) is 27.6 Å². The number of hydrogen-bond acceptors (Lipinski definition) is 6. The average Bonchev–Trinajstić information content (AvgIpc) is 2.87. The molecule has 2 aromatic heterocycles. The predicted molar refractivity (Wildman–Crippen MR) is 69.8 cm³/mol. The fourth-order valence-electron chi connectivity index (χ4n) is 1.31. The second-order valence-corrected chi connectivity index (χ2v) is 4.50.